The number of ether oxygens (including phenoxy) is 2. The zero-order valence-electron chi connectivity index (χ0n) is 20.4. The summed E-state index contributed by atoms with van der Waals surface area (Å²) in [4.78, 5) is 23.5. The summed E-state index contributed by atoms with van der Waals surface area (Å²) in [6, 6.07) is 14.6. The van der Waals surface area contributed by atoms with E-state index in [0.29, 0.717) is 23.5 Å². The van der Waals surface area contributed by atoms with Crippen LogP contribution >= 0.6 is 0 Å². The SMILES string of the molecule is CC(=O)Oc1cc2c(cc1/C=C\c1ccccc1)[C@H]1CC[C@]3(C)[C@@H](OC(C)=O)CC[C@H]3[C@@H]1CC2. The summed E-state index contributed by atoms with van der Waals surface area (Å²) in [5, 5.41) is 0. The molecule has 2 aromatic rings. The second-order valence-electron chi connectivity index (χ2n) is 10.6. The molecule has 0 radical (unpaired) electrons. The lowest BCUT2D eigenvalue weighted by molar-refractivity contribution is -0.154. The van der Waals surface area contributed by atoms with Crippen molar-refractivity contribution in [2.45, 2.75) is 71.3 Å². The van der Waals surface area contributed by atoms with Gasteiger partial charge in [0.25, 0.3) is 0 Å². The minimum Gasteiger partial charge on any atom is -0.462 e. The normalized spacial score (nSPS) is 29.7. The van der Waals surface area contributed by atoms with Crippen molar-refractivity contribution >= 4 is 24.1 Å². The molecular formula is C30H34O4. The molecule has 4 nitrogen and oxygen atoms in total. The number of carbonyl (C=O) groups is 2. The van der Waals surface area contributed by atoms with Crippen molar-refractivity contribution in [1.29, 1.82) is 0 Å². The molecule has 34 heavy (non-hydrogen) atoms. The van der Waals surface area contributed by atoms with Crippen molar-refractivity contribution < 1.29 is 19.1 Å². The molecular weight excluding hydrogens is 424 g/mol. The van der Waals surface area contributed by atoms with E-state index in [2.05, 4.69) is 43.3 Å². The van der Waals surface area contributed by atoms with E-state index in [-0.39, 0.29) is 23.5 Å². The molecule has 0 unspecified atom stereocenters. The van der Waals surface area contributed by atoms with E-state index in [1.54, 1.807) is 0 Å². The predicted octanol–water partition coefficient (Wildman–Crippen LogP) is 6.57. The van der Waals surface area contributed by atoms with Crippen LogP contribution in [0.3, 0.4) is 0 Å². The summed E-state index contributed by atoms with van der Waals surface area (Å²) in [6.45, 7) is 5.34. The number of hydrogen-bond acceptors (Lipinski definition) is 4. The van der Waals surface area contributed by atoms with E-state index in [4.69, 9.17) is 9.47 Å². The lowest BCUT2D eigenvalue weighted by Gasteiger charge is -2.50. The highest BCUT2D eigenvalue weighted by Crippen LogP contribution is 2.61. The van der Waals surface area contributed by atoms with Crippen LogP contribution in [0.25, 0.3) is 12.2 Å². The minimum atomic E-state index is -0.293. The van der Waals surface area contributed by atoms with Crippen molar-refractivity contribution in [3.05, 3.63) is 64.7 Å². The number of rotatable bonds is 4. The molecule has 0 aliphatic heterocycles. The first kappa shape index (κ1) is 22.9. The van der Waals surface area contributed by atoms with E-state index < -0.39 is 0 Å². The largest absolute Gasteiger partial charge is 0.462 e. The number of fused-ring (bicyclic) bond motifs is 5. The van der Waals surface area contributed by atoms with Crippen molar-refractivity contribution in [2.75, 3.05) is 0 Å². The van der Waals surface area contributed by atoms with Gasteiger partial charge in [-0.2, -0.15) is 0 Å². The third-order valence-electron chi connectivity index (χ3n) is 8.59. The van der Waals surface area contributed by atoms with Crippen molar-refractivity contribution in [3.8, 4) is 5.75 Å². The molecule has 5 rings (SSSR count). The van der Waals surface area contributed by atoms with Gasteiger partial charge in [0.1, 0.15) is 11.9 Å². The maximum atomic E-state index is 11.8. The summed E-state index contributed by atoms with van der Waals surface area (Å²) in [7, 11) is 0. The summed E-state index contributed by atoms with van der Waals surface area (Å²) >= 11 is 0. The highest BCUT2D eigenvalue weighted by molar-refractivity contribution is 5.77. The standard InChI is InChI=1S/C30H34O4/c1-19(31)33-28-18-22-11-12-25-24(15-16-30(3)27(25)13-14-29(30)34-20(2)32)26(22)17-23(28)10-9-21-7-5-4-6-8-21/h4-10,17-18,24-25,27,29H,11-16H2,1-3H3/b10-9-/t24-,25+,27-,29-,30-/m0/s1. The molecule has 3 aliphatic carbocycles. The molecule has 5 atom stereocenters. The first-order valence-electron chi connectivity index (χ1n) is 12.6. The van der Waals surface area contributed by atoms with Gasteiger partial charge < -0.3 is 9.47 Å². The van der Waals surface area contributed by atoms with Crippen molar-refractivity contribution in [1.82, 2.24) is 0 Å². The highest BCUT2D eigenvalue weighted by Gasteiger charge is 2.56. The van der Waals surface area contributed by atoms with Gasteiger partial charge in [-0.25, -0.2) is 0 Å². The van der Waals surface area contributed by atoms with Crippen LogP contribution in [0, 0.1) is 17.3 Å². The number of aryl methyl sites for hydroxylation is 1. The van der Waals surface area contributed by atoms with Gasteiger partial charge in [-0.3, -0.25) is 9.59 Å². The average molecular weight is 459 g/mol. The number of benzene rings is 2. The van der Waals surface area contributed by atoms with Gasteiger partial charge in [0.15, 0.2) is 0 Å². The maximum Gasteiger partial charge on any atom is 0.308 e. The van der Waals surface area contributed by atoms with Crippen LogP contribution in [-0.2, 0) is 20.7 Å². The fourth-order valence-corrected chi connectivity index (χ4v) is 7.09. The van der Waals surface area contributed by atoms with Crippen LogP contribution in [-0.4, -0.2) is 18.0 Å². The zero-order valence-corrected chi connectivity index (χ0v) is 20.4. The first-order valence-corrected chi connectivity index (χ1v) is 12.6. The van der Waals surface area contributed by atoms with Crippen LogP contribution in [0.1, 0.15) is 81.0 Å². The quantitative estimate of drug-likeness (QED) is 0.295. The molecule has 2 fully saturated rings. The van der Waals surface area contributed by atoms with Crippen molar-refractivity contribution in [2.24, 2.45) is 17.3 Å². The van der Waals surface area contributed by atoms with E-state index in [1.165, 1.54) is 25.0 Å². The van der Waals surface area contributed by atoms with Gasteiger partial charge in [0, 0.05) is 24.8 Å². The Balaban J connectivity index is 1.48. The Morgan fingerprint density at radius 1 is 0.971 bits per heavy atom. The molecule has 0 aromatic heterocycles. The van der Waals surface area contributed by atoms with Gasteiger partial charge in [-0.1, -0.05) is 49.4 Å². The lowest BCUT2D eigenvalue weighted by atomic mass is 9.55. The Labute approximate surface area is 202 Å². The number of carbonyl (C=O) groups excluding carboxylic acids is 2. The number of hydrogen-bond donors (Lipinski definition) is 0. The van der Waals surface area contributed by atoms with Gasteiger partial charge >= 0.3 is 11.9 Å². The van der Waals surface area contributed by atoms with Gasteiger partial charge in [-0.15, -0.1) is 0 Å². The van der Waals surface area contributed by atoms with E-state index >= 15 is 0 Å². The first-order chi connectivity index (χ1) is 16.3. The highest BCUT2D eigenvalue weighted by atomic mass is 16.5. The van der Waals surface area contributed by atoms with Crippen molar-refractivity contribution in [3.63, 3.8) is 0 Å². The maximum absolute atomic E-state index is 11.8. The molecule has 2 aromatic carbocycles. The number of esters is 2. The van der Waals surface area contributed by atoms with E-state index in [1.807, 2.05) is 18.2 Å². The summed E-state index contributed by atoms with van der Waals surface area (Å²) in [5.74, 6) is 1.90. The Hall–Kier alpha value is -2.88. The Kier molecular flexibility index (Phi) is 6.09. The average Bonchev–Trinajstić information content (AvgIpc) is 3.13. The van der Waals surface area contributed by atoms with E-state index in [0.717, 1.165) is 49.7 Å². The lowest BCUT2D eigenvalue weighted by Crippen LogP contribution is -2.45. The van der Waals surface area contributed by atoms with Gasteiger partial charge in [-0.05, 0) is 85.1 Å². The molecule has 0 bridgehead atoms. The second-order valence-corrected chi connectivity index (χ2v) is 10.6. The van der Waals surface area contributed by atoms with Gasteiger partial charge in [0.05, 0.1) is 0 Å². The summed E-state index contributed by atoms with van der Waals surface area (Å²) in [6.07, 6.45) is 10.6. The smallest absolute Gasteiger partial charge is 0.308 e. The monoisotopic (exact) mass is 458 g/mol. The summed E-state index contributed by atoms with van der Waals surface area (Å²) in [5.41, 5.74) is 4.88. The molecule has 0 spiro atoms. The molecule has 0 saturated heterocycles. The van der Waals surface area contributed by atoms with Gasteiger partial charge in [0.2, 0.25) is 0 Å². The summed E-state index contributed by atoms with van der Waals surface area (Å²) < 4.78 is 11.4. The second kappa shape index (κ2) is 9.05. The Morgan fingerprint density at radius 3 is 2.50 bits per heavy atom. The molecule has 0 heterocycles. The third kappa shape index (κ3) is 4.19. The Bertz CT molecular complexity index is 1120. The van der Waals surface area contributed by atoms with Crippen LogP contribution in [0.4, 0.5) is 0 Å². The zero-order chi connectivity index (χ0) is 23.9. The fraction of sp³-hybridized carbons (Fsp3) is 0.467. The molecule has 4 heteroatoms. The molecule has 0 N–H and O–H groups in total. The van der Waals surface area contributed by atoms with E-state index in [9.17, 15) is 9.59 Å². The fourth-order valence-electron chi connectivity index (χ4n) is 7.09. The third-order valence-corrected chi connectivity index (χ3v) is 8.59. The molecule has 2 saturated carbocycles. The van der Waals surface area contributed by atoms with Crippen LogP contribution in [0.5, 0.6) is 5.75 Å². The molecule has 0 amide bonds. The van der Waals surface area contributed by atoms with Crippen LogP contribution < -0.4 is 4.74 Å². The minimum absolute atomic E-state index is 0.0491. The predicted molar refractivity (Wildman–Crippen MR) is 133 cm³/mol. The topological polar surface area (TPSA) is 52.6 Å². The molecule has 3 aliphatic rings. The molecule has 178 valence electrons. The Morgan fingerprint density at radius 2 is 1.76 bits per heavy atom. The van der Waals surface area contributed by atoms with Crippen LogP contribution in [0.2, 0.25) is 0 Å². The van der Waals surface area contributed by atoms with Crippen LogP contribution in [0.15, 0.2) is 42.5 Å².